The zero-order chi connectivity index (χ0) is 40.9. The van der Waals surface area contributed by atoms with Crippen LogP contribution in [0.15, 0.2) is 53.5 Å². The van der Waals surface area contributed by atoms with Crippen molar-refractivity contribution in [2.75, 3.05) is 68.6 Å². The molecule has 0 bridgehead atoms. The molecule has 2 aromatic carbocycles. The van der Waals surface area contributed by atoms with Gasteiger partial charge in [0.05, 0.1) is 48.8 Å². The average Bonchev–Trinajstić information content (AvgIpc) is 3.48. The number of rotatable bonds is 15. The summed E-state index contributed by atoms with van der Waals surface area (Å²) in [5.74, 6) is -1.56. The number of hydrogen-bond acceptors (Lipinski definition) is 14. The second-order valence-corrected chi connectivity index (χ2v) is 14.3. The summed E-state index contributed by atoms with van der Waals surface area (Å²) in [5.41, 5.74) is 1.87. The second-order valence-electron chi connectivity index (χ2n) is 13.9. The maximum Gasteiger partial charge on any atom is 0.293 e. The number of ether oxygens (including phenoxy) is 3. The minimum Gasteiger partial charge on any atom is -0.478 e. The number of piperidine rings is 2. The maximum atomic E-state index is 13.3. The lowest BCUT2D eigenvalue weighted by Crippen LogP contribution is -2.54. The molecular formula is C39H42ClN9O9. The minimum absolute atomic E-state index is 0.0319. The molecule has 0 saturated carbocycles. The van der Waals surface area contributed by atoms with Crippen LogP contribution in [0.4, 0.5) is 23.1 Å². The number of carbonyl (C=O) groups is 5. The topological polar surface area (TPSA) is 215 Å². The number of pyridine rings is 1. The molecule has 4 aromatic rings. The number of fused-ring (bicyclic) bond motifs is 2. The van der Waals surface area contributed by atoms with Gasteiger partial charge in [-0.2, -0.15) is 4.98 Å². The Morgan fingerprint density at radius 3 is 2.59 bits per heavy atom. The lowest BCUT2D eigenvalue weighted by molar-refractivity contribution is -0.136. The van der Waals surface area contributed by atoms with Crippen molar-refractivity contribution in [3.05, 3.63) is 75.2 Å². The van der Waals surface area contributed by atoms with Crippen LogP contribution in [-0.2, 0) is 30.9 Å². The van der Waals surface area contributed by atoms with Crippen LogP contribution in [0.3, 0.4) is 0 Å². The largest absolute Gasteiger partial charge is 0.478 e. The number of amides is 5. The summed E-state index contributed by atoms with van der Waals surface area (Å²) in [4.78, 5) is 86.9. The highest BCUT2D eigenvalue weighted by atomic mass is 35.5. The van der Waals surface area contributed by atoms with Gasteiger partial charge in [0.1, 0.15) is 11.1 Å². The summed E-state index contributed by atoms with van der Waals surface area (Å²) in [7, 11) is 3.13. The van der Waals surface area contributed by atoms with E-state index in [0.29, 0.717) is 78.5 Å². The maximum absolute atomic E-state index is 13.3. The van der Waals surface area contributed by atoms with Gasteiger partial charge < -0.3 is 39.6 Å². The van der Waals surface area contributed by atoms with Gasteiger partial charge in [-0.1, -0.05) is 17.7 Å². The molecule has 1 unspecified atom stereocenters. The first-order valence-electron chi connectivity index (χ1n) is 18.8. The molecule has 3 aliphatic heterocycles. The lowest BCUT2D eigenvalue weighted by atomic mass is 10.0. The Balaban J connectivity index is 0.851. The normalized spacial score (nSPS) is 17.1. The lowest BCUT2D eigenvalue weighted by Gasteiger charge is -2.32. The van der Waals surface area contributed by atoms with Crippen LogP contribution < -0.4 is 36.5 Å². The molecule has 7 rings (SSSR count). The third kappa shape index (κ3) is 8.58. The third-order valence-corrected chi connectivity index (χ3v) is 10.4. The highest BCUT2D eigenvalue weighted by molar-refractivity contribution is 6.33. The first-order chi connectivity index (χ1) is 28.0. The van der Waals surface area contributed by atoms with Crippen molar-refractivity contribution in [2.24, 2.45) is 7.05 Å². The first-order valence-corrected chi connectivity index (χ1v) is 19.2. The molecule has 2 fully saturated rings. The summed E-state index contributed by atoms with van der Waals surface area (Å²) in [6.07, 6.45) is 3.24. The van der Waals surface area contributed by atoms with Crippen LogP contribution in [0.25, 0.3) is 10.9 Å². The molecule has 19 heteroatoms. The van der Waals surface area contributed by atoms with Gasteiger partial charge in [0.15, 0.2) is 18.2 Å². The molecule has 1 atom stereocenters. The van der Waals surface area contributed by atoms with E-state index >= 15 is 0 Å². The van der Waals surface area contributed by atoms with E-state index in [0.717, 1.165) is 17.7 Å². The van der Waals surface area contributed by atoms with E-state index in [9.17, 15) is 28.8 Å². The number of benzene rings is 2. The van der Waals surface area contributed by atoms with Gasteiger partial charge in [-0.25, -0.2) is 4.98 Å². The summed E-state index contributed by atoms with van der Waals surface area (Å²) >= 11 is 6.50. The zero-order valence-corrected chi connectivity index (χ0v) is 32.6. The number of aromatic nitrogens is 3. The van der Waals surface area contributed by atoms with E-state index in [4.69, 9.17) is 30.8 Å². The molecule has 4 N–H and O–H groups in total. The van der Waals surface area contributed by atoms with Gasteiger partial charge in [0.25, 0.3) is 23.3 Å². The molecule has 58 heavy (non-hydrogen) atoms. The van der Waals surface area contributed by atoms with Crippen molar-refractivity contribution in [3.63, 3.8) is 0 Å². The Morgan fingerprint density at radius 1 is 1.00 bits per heavy atom. The Hall–Kier alpha value is -6.11. The van der Waals surface area contributed by atoms with Crippen LogP contribution in [0.2, 0.25) is 5.02 Å². The van der Waals surface area contributed by atoms with Crippen molar-refractivity contribution in [2.45, 2.75) is 37.8 Å². The Kier molecular flexibility index (Phi) is 12.2. The highest BCUT2D eigenvalue weighted by Crippen LogP contribution is 2.33. The number of nitrogens with zero attached hydrogens (tertiary/aromatic N) is 5. The molecule has 0 aliphatic carbocycles. The number of likely N-dealkylation sites (N-methyl/N-ethyl adjacent to an activating group) is 1. The zero-order valence-electron chi connectivity index (χ0n) is 31.8. The first kappa shape index (κ1) is 40.1. The number of hydrogen-bond donors (Lipinski definition) is 4. The number of anilines is 4. The molecule has 0 spiro atoms. The van der Waals surface area contributed by atoms with E-state index in [-0.39, 0.29) is 53.9 Å². The van der Waals surface area contributed by atoms with Crippen LogP contribution in [0.1, 0.15) is 46.4 Å². The molecule has 2 saturated heterocycles. The number of aryl methyl sites for hydroxylation is 1. The molecule has 5 heterocycles. The minimum atomic E-state index is -1.03. The van der Waals surface area contributed by atoms with E-state index in [1.165, 1.54) is 11.6 Å². The smallest absolute Gasteiger partial charge is 0.293 e. The predicted molar refractivity (Wildman–Crippen MR) is 213 cm³/mol. The fraction of sp³-hybridized carbons (Fsp3) is 0.385. The van der Waals surface area contributed by atoms with Crippen molar-refractivity contribution in [3.8, 4) is 5.75 Å². The molecule has 5 amide bonds. The van der Waals surface area contributed by atoms with E-state index < -0.39 is 29.7 Å². The van der Waals surface area contributed by atoms with Gasteiger partial charge in [0.2, 0.25) is 17.8 Å². The van der Waals surface area contributed by atoms with Gasteiger partial charge in [-0.15, -0.1) is 0 Å². The molecule has 18 nitrogen and oxygen atoms in total. The van der Waals surface area contributed by atoms with E-state index in [1.807, 2.05) is 12.1 Å². The van der Waals surface area contributed by atoms with Crippen LogP contribution >= 0.6 is 11.6 Å². The van der Waals surface area contributed by atoms with Crippen molar-refractivity contribution < 1.29 is 38.2 Å². The SMILES string of the molecule is CNC(=O)COc1cc2cc(Nc3nc(N4CCC(OCCOCCNc5cccc6c5C(=O)N(C5CCC(=O)NC5=O)C6=O)CC4)ncc3Cl)ccc2n(C)c1=O. The quantitative estimate of drug-likeness (QED) is 0.100. The van der Waals surface area contributed by atoms with Crippen molar-refractivity contribution in [1.29, 1.82) is 0 Å². The summed E-state index contributed by atoms with van der Waals surface area (Å²) in [5, 5.41) is 12.1. The molecular weight excluding hydrogens is 774 g/mol. The van der Waals surface area contributed by atoms with Crippen molar-refractivity contribution >= 4 is 75.2 Å². The van der Waals surface area contributed by atoms with Crippen molar-refractivity contribution in [1.82, 2.24) is 30.1 Å². The number of nitrogens with one attached hydrogen (secondary N) is 4. The van der Waals surface area contributed by atoms with E-state index in [2.05, 4.69) is 31.2 Å². The summed E-state index contributed by atoms with van der Waals surface area (Å²) in [6.45, 7) is 2.50. The number of carbonyl (C=O) groups excluding carboxylic acids is 5. The molecule has 2 aromatic heterocycles. The Labute approximate surface area is 337 Å². The second kappa shape index (κ2) is 17.6. The fourth-order valence-corrected chi connectivity index (χ4v) is 7.24. The number of halogens is 1. The molecule has 304 valence electrons. The molecule has 3 aliphatic rings. The highest BCUT2D eigenvalue weighted by Gasteiger charge is 2.45. The number of imide groups is 2. The monoisotopic (exact) mass is 815 g/mol. The van der Waals surface area contributed by atoms with Gasteiger partial charge in [-0.3, -0.25) is 39.0 Å². The van der Waals surface area contributed by atoms with Gasteiger partial charge in [0, 0.05) is 56.9 Å². The Bertz CT molecular complexity index is 2330. The van der Waals surface area contributed by atoms with Gasteiger partial charge in [-0.05, 0) is 55.7 Å². The van der Waals surface area contributed by atoms with Gasteiger partial charge >= 0.3 is 0 Å². The van der Waals surface area contributed by atoms with E-state index in [1.54, 1.807) is 43.6 Å². The van der Waals surface area contributed by atoms with Crippen LogP contribution in [0.5, 0.6) is 5.75 Å². The molecule has 0 radical (unpaired) electrons. The van der Waals surface area contributed by atoms with Crippen LogP contribution in [0, 0.1) is 0 Å². The summed E-state index contributed by atoms with van der Waals surface area (Å²) < 4.78 is 18.8. The standard InChI is InChI=1S/C39H42ClN9O9/c1-41-32(51)21-58-30-19-22-18-23(6-7-28(22)47(2)37(30)54)44-34-26(40)20-43-39(46-34)48-13-10-24(11-14-48)57-17-16-56-15-12-42-27-5-3-4-25-33(27)38(55)49(36(25)53)29-8-9-31(50)45-35(29)52/h3-7,18-20,24,29,42H,8-17,21H2,1-2H3,(H,41,51)(H,43,44,46)(H,45,50,52). The fourth-order valence-electron chi connectivity index (χ4n) is 7.10. The summed E-state index contributed by atoms with van der Waals surface area (Å²) in [6, 6.07) is 10.9. The predicted octanol–water partition coefficient (Wildman–Crippen LogP) is 2.37. The Morgan fingerprint density at radius 2 is 1.81 bits per heavy atom. The average molecular weight is 816 g/mol. The third-order valence-electron chi connectivity index (χ3n) is 10.2. The van der Waals surface area contributed by atoms with Crippen LogP contribution in [-0.4, -0.2) is 114 Å².